The van der Waals surface area contributed by atoms with Crippen LogP contribution in [0.2, 0.25) is 10.0 Å². The molecule has 0 fully saturated rings. The van der Waals surface area contributed by atoms with E-state index in [9.17, 15) is 0 Å². The SMILES string of the molecule is CCCNCc1ccc(Sc2ccc(Cl)c(Cl)c2)cc1C. The molecule has 2 aromatic rings. The average molecular weight is 340 g/mol. The van der Waals surface area contributed by atoms with E-state index in [1.165, 1.54) is 16.0 Å². The molecular formula is C17H19Cl2NS. The number of halogens is 2. The largest absolute Gasteiger partial charge is 0.313 e. The lowest BCUT2D eigenvalue weighted by Gasteiger charge is -2.10. The van der Waals surface area contributed by atoms with Crippen molar-refractivity contribution < 1.29 is 0 Å². The Morgan fingerprint density at radius 3 is 2.38 bits per heavy atom. The van der Waals surface area contributed by atoms with Crippen LogP contribution in [0.3, 0.4) is 0 Å². The number of nitrogens with one attached hydrogen (secondary N) is 1. The van der Waals surface area contributed by atoms with Crippen LogP contribution in [0, 0.1) is 6.92 Å². The van der Waals surface area contributed by atoms with Crippen LogP contribution in [0.1, 0.15) is 24.5 Å². The predicted octanol–water partition coefficient (Wildman–Crippen LogP) is 5.95. The van der Waals surface area contributed by atoms with E-state index in [4.69, 9.17) is 23.2 Å². The molecule has 4 heteroatoms. The van der Waals surface area contributed by atoms with Crippen LogP contribution in [0.25, 0.3) is 0 Å². The summed E-state index contributed by atoms with van der Waals surface area (Å²) in [6.45, 7) is 6.31. The van der Waals surface area contributed by atoms with Gasteiger partial charge in [-0.25, -0.2) is 0 Å². The highest BCUT2D eigenvalue weighted by atomic mass is 35.5. The number of aryl methyl sites for hydroxylation is 1. The highest BCUT2D eigenvalue weighted by molar-refractivity contribution is 7.99. The van der Waals surface area contributed by atoms with Gasteiger partial charge in [0, 0.05) is 16.3 Å². The summed E-state index contributed by atoms with van der Waals surface area (Å²) in [5, 5.41) is 4.62. The Kier molecular flexibility index (Phi) is 6.43. The molecule has 2 aromatic carbocycles. The van der Waals surface area contributed by atoms with Crippen molar-refractivity contribution in [3.8, 4) is 0 Å². The molecule has 0 saturated carbocycles. The fourth-order valence-electron chi connectivity index (χ4n) is 2.01. The molecule has 0 aromatic heterocycles. The predicted molar refractivity (Wildman–Crippen MR) is 93.8 cm³/mol. The van der Waals surface area contributed by atoms with E-state index in [0.717, 1.165) is 24.4 Å². The summed E-state index contributed by atoms with van der Waals surface area (Å²) in [6, 6.07) is 12.3. The third-order valence-electron chi connectivity index (χ3n) is 3.18. The van der Waals surface area contributed by atoms with Crippen molar-refractivity contribution in [3.05, 3.63) is 57.6 Å². The minimum Gasteiger partial charge on any atom is -0.313 e. The molecule has 112 valence electrons. The van der Waals surface area contributed by atoms with E-state index in [0.29, 0.717) is 10.0 Å². The van der Waals surface area contributed by atoms with Crippen molar-refractivity contribution in [2.75, 3.05) is 6.54 Å². The van der Waals surface area contributed by atoms with Crippen LogP contribution in [-0.2, 0) is 6.54 Å². The zero-order chi connectivity index (χ0) is 15.2. The lowest BCUT2D eigenvalue weighted by atomic mass is 10.1. The lowest BCUT2D eigenvalue weighted by Crippen LogP contribution is -2.14. The van der Waals surface area contributed by atoms with Gasteiger partial charge in [0.2, 0.25) is 0 Å². The van der Waals surface area contributed by atoms with Gasteiger partial charge in [-0.15, -0.1) is 0 Å². The van der Waals surface area contributed by atoms with E-state index in [-0.39, 0.29) is 0 Å². The van der Waals surface area contributed by atoms with E-state index < -0.39 is 0 Å². The molecule has 21 heavy (non-hydrogen) atoms. The first-order valence-electron chi connectivity index (χ1n) is 7.03. The Bertz CT molecular complexity index is 614. The van der Waals surface area contributed by atoms with Crippen LogP contribution >= 0.6 is 35.0 Å². The second-order valence-corrected chi connectivity index (χ2v) is 6.90. The van der Waals surface area contributed by atoms with Crippen molar-refractivity contribution in [2.45, 2.75) is 36.6 Å². The molecule has 0 unspecified atom stereocenters. The minimum absolute atomic E-state index is 0.592. The zero-order valence-corrected chi connectivity index (χ0v) is 14.6. The summed E-state index contributed by atoms with van der Waals surface area (Å²) in [5.74, 6) is 0. The quantitative estimate of drug-likeness (QED) is 0.652. The summed E-state index contributed by atoms with van der Waals surface area (Å²) < 4.78 is 0. The average Bonchev–Trinajstić information content (AvgIpc) is 2.45. The van der Waals surface area contributed by atoms with Gasteiger partial charge in [0.1, 0.15) is 0 Å². The Labute approximate surface area is 141 Å². The summed E-state index contributed by atoms with van der Waals surface area (Å²) in [7, 11) is 0. The summed E-state index contributed by atoms with van der Waals surface area (Å²) in [5.41, 5.74) is 2.66. The molecule has 0 radical (unpaired) electrons. The Morgan fingerprint density at radius 1 is 1.00 bits per heavy atom. The molecule has 1 N–H and O–H groups in total. The van der Waals surface area contributed by atoms with Crippen LogP contribution in [0.5, 0.6) is 0 Å². The van der Waals surface area contributed by atoms with E-state index in [1.54, 1.807) is 11.8 Å². The molecular weight excluding hydrogens is 321 g/mol. The Morgan fingerprint density at radius 2 is 1.71 bits per heavy atom. The molecule has 0 aliphatic heterocycles. The summed E-state index contributed by atoms with van der Waals surface area (Å²) in [4.78, 5) is 2.31. The standard InChI is InChI=1S/C17H19Cl2NS/c1-3-8-20-11-13-4-5-14(9-12(13)2)21-15-6-7-16(18)17(19)10-15/h4-7,9-10,20H,3,8,11H2,1-2H3. The normalized spacial score (nSPS) is 10.9. The van der Waals surface area contributed by atoms with Crippen LogP contribution in [-0.4, -0.2) is 6.54 Å². The van der Waals surface area contributed by atoms with Crippen LogP contribution in [0.4, 0.5) is 0 Å². The van der Waals surface area contributed by atoms with Gasteiger partial charge in [-0.3, -0.25) is 0 Å². The molecule has 0 aliphatic rings. The molecule has 1 nitrogen and oxygen atoms in total. The summed E-state index contributed by atoms with van der Waals surface area (Å²) in [6.07, 6.45) is 1.16. The topological polar surface area (TPSA) is 12.0 Å². The van der Waals surface area contributed by atoms with Crippen molar-refractivity contribution in [1.29, 1.82) is 0 Å². The van der Waals surface area contributed by atoms with Gasteiger partial charge in [-0.1, -0.05) is 48.0 Å². The molecule has 0 saturated heterocycles. The fraction of sp³-hybridized carbons (Fsp3) is 0.294. The maximum absolute atomic E-state index is 6.05. The first-order chi connectivity index (χ1) is 10.1. The van der Waals surface area contributed by atoms with Crippen molar-refractivity contribution in [1.82, 2.24) is 5.32 Å². The molecule has 0 bridgehead atoms. The fourth-order valence-corrected chi connectivity index (χ4v) is 3.33. The monoisotopic (exact) mass is 339 g/mol. The van der Waals surface area contributed by atoms with E-state index >= 15 is 0 Å². The van der Waals surface area contributed by atoms with Gasteiger partial charge in [-0.2, -0.15) is 0 Å². The first-order valence-corrected chi connectivity index (χ1v) is 8.60. The molecule has 2 rings (SSSR count). The number of hydrogen-bond acceptors (Lipinski definition) is 2. The third kappa shape index (κ3) is 4.93. The lowest BCUT2D eigenvalue weighted by molar-refractivity contribution is 0.673. The first kappa shape index (κ1) is 16.7. The van der Waals surface area contributed by atoms with E-state index in [2.05, 4.69) is 37.4 Å². The molecule has 0 atom stereocenters. The van der Waals surface area contributed by atoms with Gasteiger partial charge < -0.3 is 5.32 Å². The van der Waals surface area contributed by atoms with Crippen molar-refractivity contribution in [3.63, 3.8) is 0 Å². The van der Waals surface area contributed by atoms with Gasteiger partial charge in [0.05, 0.1) is 10.0 Å². The van der Waals surface area contributed by atoms with E-state index in [1.807, 2.05) is 18.2 Å². The van der Waals surface area contributed by atoms with Gasteiger partial charge in [0.25, 0.3) is 0 Å². The maximum atomic E-state index is 6.05. The molecule has 0 spiro atoms. The molecule has 0 amide bonds. The Balaban J connectivity index is 2.07. The molecule has 0 heterocycles. The second-order valence-electron chi connectivity index (χ2n) is 4.94. The number of rotatable bonds is 6. The third-order valence-corrected chi connectivity index (χ3v) is 4.90. The smallest absolute Gasteiger partial charge is 0.0603 e. The zero-order valence-electron chi connectivity index (χ0n) is 12.2. The Hall–Kier alpha value is -0.670. The minimum atomic E-state index is 0.592. The second kappa shape index (κ2) is 8.09. The van der Waals surface area contributed by atoms with Crippen molar-refractivity contribution in [2.24, 2.45) is 0 Å². The van der Waals surface area contributed by atoms with Gasteiger partial charge in [0.15, 0.2) is 0 Å². The van der Waals surface area contributed by atoms with Gasteiger partial charge >= 0.3 is 0 Å². The maximum Gasteiger partial charge on any atom is 0.0603 e. The van der Waals surface area contributed by atoms with Crippen LogP contribution in [0.15, 0.2) is 46.2 Å². The number of hydrogen-bond donors (Lipinski definition) is 1. The summed E-state index contributed by atoms with van der Waals surface area (Å²) >= 11 is 13.7. The highest BCUT2D eigenvalue weighted by Gasteiger charge is 2.04. The highest BCUT2D eigenvalue weighted by Crippen LogP contribution is 2.33. The number of benzene rings is 2. The van der Waals surface area contributed by atoms with Crippen LogP contribution < -0.4 is 5.32 Å². The molecule has 0 aliphatic carbocycles. The van der Waals surface area contributed by atoms with Crippen molar-refractivity contribution >= 4 is 35.0 Å². The van der Waals surface area contributed by atoms with Gasteiger partial charge in [-0.05, 0) is 61.3 Å².